The lowest BCUT2D eigenvalue weighted by atomic mass is 10.3. The Balaban J connectivity index is 0. The van der Waals surface area contributed by atoms with E-state index in [9.17, 15) is 0 Å². The van der Waals surface area contributed by atoms with Crippen LogP contribution < -0.4 is 0 Å². The van der Waals surface area contributed by atoms with Crippen molar-refractivity contribution in [3.63, 3.8) is 0 Å². The molecule has 0 aliphatic heterocycles. The third-order valence-electron chi connectivity index (χ3n) is 1.12. The molecule has 0 aromatic heterocycles. The molecule has 0 bridgehead atoms. The lowest BCUT2D eigenvalue weighted by molar-refractivity contribution is -0.135. The number of halogens is 3. The maximum absolute atomic E-state index is 9.05. The zero-order valence-electron chi connectivity index (χ0n) is 9.82. The summed E-state index contributed by atoms with van der Waals surface area (Å²) in [6.45, 7) is 2.17. The number of phenols is 2. The number of carboxylic acid groups (broad SMARTS) is 2. The average Bonchev–Trinajstić information content (AvgIpc) is 2.22. The number of aromatic hydroxyl groups is 2. The number of carbonyl (C=O) groups is 2. The van der Waals surface area contributed by atoms with Crippen LogP contribution in [0.2, 0.25) is 15.1 Å². The highest BCUT2D eigenvalue weighted by atomic mass is 35.5. The molecule has 0 radical (unpaired) electrons. The summed E-state index contributed by atoms with van der Waals surface area (Å²) in [4.78, 5) is 18.0. The van der Waals surface area contributed by atoms with Crippen molar-refractivity contribution in [2.45, 2.75) is 13.8 Å². The number of hydrogen-bond acceptors (Lipinski definition) is 4. The molecular formula is C10H11Cl3O6. The first-order valence-corrected chi connectivity index (χ1v) is 5.58. The molecule has 0 heterocycles. The predicted octanol–water partition coefficient (Wildman–Crippen LogP) is 3.24. The Bertz CT molecular complexity index is 415. The van der Waals surface area contributed by atoms with Gasteiger partial charge in [0, 0.05) is 19.9 Å². The zero-order valence-corrected chi connectivity index (χ0v) is 12.1. The Kier molecular flexibility index (Phi) is 10.0. The maximum Gasteiger partial charge on any atom is 0.300 e. The van der Waals surface area contributed by atoms with E-state index in [2.05, 4.69) is 0 Å². The molecule has 0 fully saturated rings. The first-order chi connectivity index (χ1) is 8.50. The number of carboxylic acids is 2. The quantitative estimate of drug-likeness (QED) is 0.428. The molecule has 9 heteroatoms. The highest BCUT2D eigenvalue weighted by Gasteiger charge is 2.12. The van der Waals surface area contributed by atoms with Gasteiger partial charge in [-0.15, -0.1) is 0 Å². The molecule has 1 aromatic carbocycles. The van der Waals surface area contributed by atoms with Crippen LogP contribution in [0.3, 0.4) is 0 Å². The van der Waals surface area contributed by atoms with Gasteiger partial charge in [-0.25, -0.2) is 0 Å². The Morgan fingerprint density at radius 1 is 0.947 bits per heavy atom. The van der Waals surface area contributed by atoms with Crippen molar-refractivity contribution in [3.8, 4) is 11.5 Å². The summed E-state index contributed by atoms with van der Waals surface area (Å²) in [7, 11) is 0. The molecule has 6 nitrogen and oxygen atoms in total. The Hall–Kier alpha value is -1.37. The van der Waals surface area contributed by atoms with E-state index < -0.39 is 11.9 Å². The Morgan fingerprint density at radius 3 is 1.58 bits per heavy atom. The largest absolute Gasteiger partial charge is 0.506 e. The number of benzene rings is 1. The van der Waals surface area contributed by atoms with Crippen molar-refractivity contribution in [1.82, 2.24) is 0 Å². The maximum atomic E-state index is 9.05. The first kappa shape index (κ1) is 20.0. The van der Waals surface area contributed by atoms with Gasteiger partial charge in [-0.05, 0) is 0 Å². The third kappa shape index (κ3) is 10.3. The molecule has 0 amide bonds. The van der Waals surface area contributed by atoms with E-state index >= 15 is 0 Å². The second kappa shape index (κ2) is 9.55. The molecule has 0 aliphatic carbocycles. The predicted molar refractivity (Wildman–Crippen MR) is 71.4 cm³/mol. The van der Waals surface area contributed by atoms with Gasteiger partial charge in [0.25, 0.3) is 11.9 Å². The van der Waals surface area contributed by atoms with Crippen LogP contribution in [0.1, 0.15) is 13.8 Å². The number of phenolic OH excluding ortho intramolecular Hbond substituents is 2. The third-order valence-corrected chi connectivity index (χ3v) is 2.25. The average molecular weight is 334 g/mol. The SMILES string of the molecule is CC(=O)O.CC(=O)O.Oc1cc(Cl)c(O)c(Cl)c1Cl. The lowest BCUT2D eigenvalue weighted by Crippen LogP contribution is -1.78. The van der Waals surface area contributed by atoms with Crippen molar-refractivity contribution in [1.29, 1.82) is 0 Å². The number of rotatable bonds is 0. The smallest absolute Gasteiger partial charge is 0.300 e. The lowest BCUT2D eigenvalue weighted by Gasteiger charge is -2.02. The van der Waals surface area contributed by atoms with Crippen LogP contribution in [0.4, 0.5) is 0 Å². The van der Waals surface area contributed by atoms with Crippen LogP contribution in [-0.4, -0.2) is 32.4 Å². The van der Waals surface area contributed by atoms with Crippen LogP contribution in [-0.2, 0) is 9.59 Å². The molecule has 0 atom stereocenters. The molecule has 0 saturated carbocycles. The molecule has 0 unspecified atom stereocenters. The highest BCUT2D eigenvalue weighted by Crippen LogP contribution is 2.42. The summed E-state index contributed by atoms with van der Waals surface area (Å²) in [5.74, 6) is -2.24. The van der Waals surface area contributed by atoms with Gasteiger partial charge in [-0.2, -0.15) is 0 Å². The van der Waals surface area contributed by atoms with Crippen LogP contribution in [0, 0.1) is 0 Å². The highest BCUT2D eigenvalue weighted by molar-refractivity contribution is 6.45. The minimum Gasteiger partial charge on any atom is -0.506 e. The van der Waals surface area contributed by atoms with E-state index in [4.69, 9.17) is 64.8 Å². The first-order valence-electron chi connectivity index (χ1n) is 4.45. The van der Waals surface area contributed by atoms with Gasteiger partial charge < -0.3 is 20.4 Å². The summed E-state index contributed by atoms with van der Waals surface area (Å²) in [6.07, 6.45) is 0. The normalized spacial score (nSPS) is 8.47. The van der Waals surface area contributed by atoms with E-state index in [-0.39, 0.29) is 26.6 Å². The van der Waals surface area contributed by atoms with Crippen LogP contribution in [0.25, 0.3) is 0 Å². The van der Waals surface area contributed by atoms with Gasteiger partial charge in [0.2, 0.25) is 0 Å². The van der Waals surface area contributed by atoms with E-state index in [0.717, 1.165) is 19.9 Å². The molecule has 108 valence electrons. The fourth-order valence-corrected chi connectivity index (χ4v) is 1.16. The van der Waals surface area contributed by atoms with Crippen molar-refractivity contribution in [2.75, 3.05) is 0 Å². The van der Waals surface area contributed by atoms with Gasteiger partial charge in [0.05, 0.1) is 5.02 Å². The molecule has 1 rings (SSSR count). The van der Waals surface area contributed by atoms with Crippen molar-refractivity contribution >= 4 is 46.7 Å². The van der Waals surface area contributed by atoms with Crippen LogP contribution in [0.15, 0.2) is 6.07 Å². The Morgan fingerprint density at radius 2 is 1.26 bits per heavy atom. The second-order valence-electron chi connectivity index (χ2n) is 2.89. The van der Waals surface area contributed by atoms with Gasteiger partial charge in [0.15, 0.2) is 5.75 Å². The van der Waals surface area contributed by atoms with Crippen molar-refractivity contribution in [2.24, 2.45) is 0 Å². The molecule has 0 spiro atoms. The van der Waals surface area contributed by atoms with E-state index in [1.165, 1.54) is 0 Å². The van der Waals surface area contributed by atoms with Crippen LogP contribution in [0.5, 0.6) is 11.5 Å². The number of aliphatic carboxylic acids is 2. The fraction of sp³-hybridized carbons (Fsp3) is 0.200. The molecule has 0 saturated heterocycles. The van der Waals surface area contributed by atoms with Crippen molar-refractivity contribution in [3.05, 3.63) is 21.1 Å². The fourth-order valence-electron chi connectivity index (χ4n) is 0.573. The van der Waals surface area contributed by atoms with Gasteiger partial charge >= 0.3 is 0 Å². The summed E-state index contributed by atoms with van der Waals surface area (Å²) in [6, 6.07) is 1.12. The number of hydrogen-bond donors (Lipinski definition) is 4. The van der Waals surface area contributed by atoms with E-state index in [0.29, 0.717) is 0 Å². The van der Waals surface area contributed by atoms with Crippen LogP contribution >= 0.6 is 34.8 Å². The summed E-state index contributed by atoms with van der Waals surface area (Å²) in [5.41, 5.74) is 0. The van der Waals surface area contributed by atoms with E-state index in [1.54, 1.807) is 0 Å². The molecule has 4 N–H and O–H groups in total. The zero-order chi connectivity index (χ0) is 15.7. The monoisotopic (exact) mass is 332 g/mol. The molecular weight excluding hydrogens is 322 g/mol. The second-order valence-corrected chi connectivity index (χ2v) is 4.06. The van der Waals surface area contributed by atoms with Gasteiger partial charge in [-0.3, -0.25) is 9.59 Å². The van der Waals surface area contributed by atoms with Crippen molar-refractivity contribution < 1.29 is 30.0 Å². The summed E-state index contributed by atoms with van der Waals surface area (Å²) >= 11 is 16.4. The van der Waals surface area contributed by atoms with E-state index in [1.807, 2.05) is 0 Å². The molecule has 0 aliphatic rings. The molecule has 19 heavy (non-hydrogen) atoms. The standard InChI is InChI=1S/C6H3Cl3O2.2C2H4O2/c7-2-1-3(10)4(8)5(9)6(2)11;2*1-2(3)4/h1,10-11H;2*1H3,(H,3,4). The van der Waals surface area contributed by atoms with Gasteiger partial charge in [0.1, 0.15) is 15.8 Å². The summed E-state index contributed by atoms with van der Waals surface area (Å²) < 4.78 is 0. The summed E-state index contributed by atoms with van der Waals surface area (Å²) in [5, 5.41) is 32.6. The topological polar surface area (TPSA) is 115 Å². The molecule has 1 aromatic rings. The minimum atomic E-state index is -0.833. The minimum absolute atomic E-state index is 0.0306. The van der Waals surface area contributed by atoms with Gasteiger partial charge in [-0.1, -0.05) is 34.8 Å². The Labute approximate surface area is 123 Å².